The van der Waals surface area contributed by atoms with Gasteiger partial charge in [-0.05, 0) is 43.1 Å². The van der Waals surface area contributed by atoms with Gasteiger partial charge in [0.15, 0.2) is 0 Å². The lowest BCUT2D eigenvalue weighted by Crippen LogP contribution is -2.25. The predicted octanol–water partition coefficient (Wildman–Crippen LogP) is 2.96. The standard InChI is InChI=1S/C18H19ClN4O/c1-12(10-20)7-8-16-22-15-6-2-5-14(19)17(15)18(24)23(16)13-4-3-9-21-11-13/h2-6,9,11-12H,7-8,10,20H2,1H3. The Morgan fingerprint density at radius 1 is 1.29 bits per heavy atom. The molecule has 3 aromatic rings. The quantitative estimate of drug-likeness (QED) is 0.773. The fourth-order valence-electron chi connectivity index (χ4n) is 2.65. The zero-order valence-corrected chi connectivity index (χ0v) is 14.2. The number of pyridine rings is 1. The fourth-order valence-corrected chi connectivity index (χ4v) is 2.90. The number of aryl methyl sites for hydroxylation is 1. The van der Waals surface area contributed by atoms with Crippen molar-refractivity contribution in [2.75, 3.05) is 6.54 Å². The number of fused-ring (bicyclic) bond motifs is 1. The summed E-state index contributed by atoms with van der Waals surface area (Å²) in [7, 11) is 0. The van der Waals surface area contributed by atoms with Gasteiger partial charge in [-0.2, -0.15) is 0 Å². The van der Waals surface area contributed by atoms with Crippen LogP contribution in [0.1, 0.15) is 19.2 Å². The second-order valence-corrected chi connectivity index (χ2v) is 6.30. The lowest BCUT2D eigenvalue weighted by atomic mass is 10.1. The van der Waals surface area contributed by atoms with Gasteiger partial charge in [0.05, 0.1) is 27.8 Å². The van der Waals surface area contributed by atoms with Gasteiger partial charge < -0.3 is 5.73 Å². The molecule has 0 spiro atoms. The van der Waals surface area contributed by atoms with E-state index in [1.165, 1.54) is 0 Å². The Morgan fingerprint density at radius 2 is 2.12 bits per heavy atom. The van der Waals surface area contributed by atoms with Crippen molar-refractivity contribution in [3.63, 3.8) is 0 Å². The van der Waals surface area contributed by atoms with Crippen LogP contribution in [0.15, 0.2) is 47.5 Å². The Labute approximate surface area is 145 Å². The third-order valence-electron chi connectivity index (χ3n) is 4.08. The highest BCUT2D eigenvalue weighted by atomic mass is 35.5. The van der Waals surface area contributed by atoms with E-state index in [9.17, 15) is 4.79 Å². The van der Waals surface area contributed by atoms with Crippen molar-refractivity contribution in [3.8, 4) is 5.69 Å². The van der Waals surface area contributed by atoms with Crippen LogP contribution in [-0.4, -0.2) is 21.1 Å². The summed E-state index contributed by atoms with van der Waals surface area (Å²) < 4.78 is 1.60. The summed E-state index contributed by atoms with van der Waals surface area (Å²) in [6.07, 6.45) is 4.84. The van der Waals surface area contributed by atoms with Crippen LogP contribution in [0.2, 0.25) is 5.02 Å². The first-order valence-corrected chi connectivity index (χ1v) is 8.30. The molecule has 3 rings (SSSR count). The summed E-state index contributed by atoms with van der Waals surface area (Å²) in [6, 6.07) is 8.96. The molecule has 124 valence electrons. The van der Waals surface area contributed by atoms with Gasteiger partial charge in [-0.15, -0.1) is 0 Å². The molecule has 2 heterocycles. The molecule has 0 aliphatic heterocycles. The second kappa shape index (κ2) is 7.11. The summed E-state index contributed by atoms with van der Waals surface area (Å²) in [6.45, 7) is 2.70. The average molecular weight is 343 g/mol. The molecule has 0 fully saturated rings. The number of aromatic nitrogens is 3. The lowest BCUT2D eigenvalue weighted by molar-refractivity contribution is 0.531. The Bertz CT molecular complexity index is 908. The maximum Gasteiger partial charge on any atom is 0.267 e. The van der Waals surface area contributed by atoms with Crippen LogP contribution in [-0.2, 0) is 6.42 Å². The van der Waals surface area contributed by atoms with Crippen molar-refractivity contribution in [3.05, 3.63) is 63.9 Å². The van der Waals surface area contributed by atoms with Crippen LogP contribution < -0.4 is 11.3 Å². The highest BCUT2D eigenvalue weighted by Gasteiger charge is 2.15. The van der Waals surface area contributed by atoms with E-state index in [1.807, 2.05) is 12.1 Å². The summed E-state index contributed by atoms with van der Waals surface area (Å²) >= 11 is 6.24. The van der Waals surface area contributed by atoms with Crippen LogP contribution in [0, 0.1) is 5.92 Å². The molecule has 1 atom stereocenters. The highest BCUT2D eigenvalue weighted by molar-refractivity contribution is 6.35. The van der Waals surface area contributed by atoms with Crippen molar-refractivity contribution in [1.29, 1.82) is 0 Å². The van der Waals surface area contributed by atoms with Crippen LogP contribution >= 0.6 is 11.6 Å². The first kappa shape index (κ1) is 16.6. The Hall–Kier alpha value is -2.24. The molecule has 0 bridgehead atoms. The van der Waals surface area contributed by atoms with Crippen molar-refractivity contribution in [2.45, 2.75) is 19.8 Å². The summed E-state index contributed by atoms with van der Waals surface area (Å²) in [4.78, 5) is 21.9. The number of rotatable bonds is 5. The maximum absolute atomic E-state index is 13.1. The van der Waals surface area contributed by atoms with E-state index in [2.05, 4.69) is 16.9 Å². The average Bonchev–Trinajstić information content (AvgIpc) is 2.60. The zero-order chi connectivity index (χ0) is 17.1. The molecule has 2 aromatic heterocycles. The minimum absolute atomic E-state index is 0.172. The summed E-state index contributed by atoms with van der Waals surface area (Å²) in [5, 5.41) is 0.836. The molecule has 6 heteroatoms. The Balaban J connectivity index is 2.23. The molecule has 0 aliphatic rings. The molecule has 0 saturated heterocycles. The minimum Gasteiger partial charge on any atom is -0.330 e. The monoisotopic (exact) mass is 342 g/mol. The van der Waals surface area contributed by atoms with Crippen molar-refractivity contribution < 1.29 is 0 Å². The first-order chi connectivity index (χ1) is 11.6. The molecule has 24 heavy (non-hydrogen) atoms. The maximum atomic E-state index is 13.1. The molecule has 5 nitrogen and oxygen atoms in total. The van der Waals surface area contributed by atoms with Crippen LogP contribution in [0.4, 0.5) is 0 Å². The van der Waals surface area contributed by atoms with Gasteiger partial charge in [0, 0.05) is 12.6 Å². The largest absolute Gasteiger partial charge is 0.330 e. The SMILES string of the molecule is CC(CN)CCc1nc2cccc(Cl)c2c(=O)n1-c1cccnc1. The lowest BCUT2D eigenvalue weighted by Gasteiger charge is -2.15. The van der Waals surface area contributed by atoms with E-state index in [-0.39, 0.29) is 5.56 Å². The number of nitrogens with zero attached hydrogens (tertiary/aromatic N) is 3. The number of hydrogen-bond donors (Lipinski definition) is 1. The van der Waals surface area contributed by atoms with Gasteiger partial charge in [0.25, 0.3) is 5.56 Å². The van der Waals surface area contributed by atoms with Gasteiger partial charge >= 0.3 is 0 Å². The molecule has 1 aromatic carbocycles. The van der Waals surface area contributed by atoms with Gasteiger partial charge in [0.2, 0.25) is 0 Å². The van der Waals surface area contributed by atoms with Gasteiger partial charge in [-0.3, -0.25) is 14.3 Å². The highest BCUT2D eigenvalue weighted by Crippen LogP contribution is 2.21. The summed E-state index contributed by atoms with van der Waals surface area (Å²) in [5.41, 5.74) is 6.84. The normalized spacial score (nSPS) is 12.5. The number of nitrogens with two attached hydrogens (primary N) is 1. The second-order valence-electron chi connectivity index (χ2n) is 5.89. The van der Waals surface area contributed by atoms with Crippen LogP contribution in [0.3, 0.4) is 0 Å². The minimum atomic E-state index is -0.172. The van der Waals surface area contributed by atoms with Gasteiger partial charge in [-0.1, -0.05) is 24.6 Å². The molecule has 0 saturated carbocycles. The molecule has 1 unspecified atom stereocenters. The third kappa shape index (κ3) is 3.18. The predicted molar refractivity (Wildman–Crippen MR) is 96.7 cm³/mol. The fraction of sp³-hybridized carbons (Fsp3) is 0.278. The molecule has 0 radical (unpaired) electrons. The van der Waals surface area contributed by atoms with E-state index in [4.69, 9.17) is 17.3 Å². The third-order valence-corrected chi connectivity index (χ3v) is 4.40. The Kier molecular flexibility index (Phi) is 4.92. The van der Waals surface area contributed by atoms with Crippen molar-refractivity contribution in [1.82, 2.24) is 14.5 Å². The number of hydrogen-bond acceptors (Lipinski definition) is 4. The molecule has 0 aliphatic carbocycles. The topological polar surface area (TPSA) is 73.8 Å². The van der Waals surface area contributed by atoms with E-state index >= 15 is 0 Å². The van der Waals surface area contributed by atoms with E-state index in [0.717, 1.165) is 6.42 Å². The number of halogens is 1. The van der Waals surface area contributed by atoms with Gasteiger partial charge in [0.1, 0.15) is 5.82 Å². The summed E-state index contributed by atoms with van der Waals surface area (Å²) in [5.74, 6) is 1.06. The molecular formula is C18H19ClN4O. The molecular weight excluding hydrogens is 324 g/mol. The smallest absolute Gasteiger partial charge is 0.267 e. The first-order valence-electron chi connectivity index (χ1n) is 7.92. The Morgan fingerprint density at radius 3 is 2.83 bits per heavy atom. The number of benzene rings is 1. The van der Waals surface area contributed by atoms with E-state index in [1.54, 1.807) is 35.2 Å². The van der Waals surface area contributed by atoms with Crippen LogP contribution in [0.25, 0.3) is 16.6 Å². The zero-order valence-electron chi connectivity index (χ0n) is 13.4. The van der Waals surface area contributed by atoms with Crippen molar-refractivity contribution >= 4 is 22.5 Å². The molecule has 2 N–H and O–H groups in total. The van der Waals surface area contributed by atoms with Crippen LogP contribution in [0.5, 0.6) is 0 Å². The van der Waals surface area contributed by atoms with Crippen molar-refractivity contribution in [2.24, 2.45) is 11.7 Å². The van der Waals surface area contributed by atoms with Gasteiger partial charge in [-0.25, -0.2) is 4.98 Å². The van der Waals surface area contributed by atoms with E-state index in [0.29, 0.717) is 46.3 Å². The molecule has 0 amide bonds. The van der Waals surface area contributed by atoms with E-state index < -0.39 is 0 Å².